The summed E-state index contributed by atoms with van der Waals surface area (Å²) < 4.78 is 5.67. The first-order valence-electron chi connectivity index (χ1n) is 6.35. The van der Waals surface area contributed by atoms with E-state index in [2.05, 4.69) is 4.98 Å². The lowest BCUT2D eigenvalue weighted by molar-refractivity contribution is 0.0990. The van der Waals surface area contributed by atoms with Crippen molar-refractivity contribution >= 4 is 5.78 Å². The normalized spacial score (nSPS) is 10.5. The maximum atomic E-state index is 12.2. The maximum absolute atomic E-state index is 12.2. The number of aromatic nitrogens is 1. The Morgan fingerprint density at radius 1 is 1.16 bits per heavy atom. The van der Waals surface area contributed by atoms with Crippen molar-refractivity contribution in [3.63, 3.8) is 0 Å². The highest BCUT2D eigenvalue weighted by atomic mass is 16.5. The quantitative estimate of drug-likeness (QED) is 0.769. The second kappa shape index (κ2) is 6.14. The zero-order valence-corrected chi connectivity index (χ0v) is 11.2. The lowest BCUT2D eigenvalue weighted by Gasteiger charge is -2.12. The van der Waals surface area contributed by atoms with Crippen molar-refractivity contribution < 1.29 is 9.53 Å². The number of Topliss-reactive ketones (excluding diaryl/α,β-unsaturated/α-hetero) is 1. The third-order valence-corrected chi connectivity index (χ3v) is 2.63. The maximum Gasteiger partial charge on any atom is 0.168 e. The fourth-order valence-electron chi connectivity index (χ4n) is 1.80. The Labute approximate surface area is 113 Å². The smallest absolute Gasteiger partial charge is 0.168 e. The molecule has 0 N–H and O–H groups in total. The van der Waals surface area contributed by atoms with Crippen molar-refractivity contribution in [2.24, 2.45) is 0 Å². The highest BCUT2D eigenvalue weighted by Gasteiger charge is 2.12. The summed E-state index contributed by atoms with van der Waals surface area (Å²) in [7, 11) is 0. The summed E-state index contributed by atoms with van der Waals surface area (Å²) in [5.74, 6) is 0.731. The summed E-state index contributed by atoms with van der Waals surface area (Å²) in [5.41, 5.74) is 1.38. The minimum Gasteiger partial charge on any atom is -0.489 e. The molecule has 0 unspecified atom stereocenters. The van der Waals surface area contributed by atoms with Gasteiger partial charge in [-0.25, -0.2) is 0 Å². The average Bonchev–Trinajstić information content (AvgIpc) is 2.41. The van der Waals surface area contributed by atoms with Crippen LogP contribution in [0.3, 0.4) is 0 Å². The van der Waals surface area contributed by atoms with Gasteiger partial charge >= 0.3 is 0 Å². The summed E-state index contributed by atoms with van der Waals surface area (Å²) in [6.45, 7) is 3.91. The highest BCUT2D eigenvalue weighted by Crippen LogP contribution is 2.19. The number of benzene rings is 1. The zero-order valence-electron chi connectivity index (χ0n) is 11.2. The second-order valence-corrected chi connectivity index (χ2v) is 4.58. The predicted molar refractivity (Wildman–Crippen MR) is 74.5 cm³/mol. The van der Waals surface area contributed by atoms with E-state index in [1.165, 1.54) is 0 Å². The van der Waals surface area contributed by atoms with E-state index in [1.807, 2.05) is 56.3 Å². The van der Waals surface area contributed by atoms with E-state index in [4.69, 9.17) is 4.74 Å². The van der Waals surface area contributed by atoms with E-state index in [9.17, 15) is 4.79 Å². The van der Waals surface area contributed by atoms with Crippen LogP contribution in [-0.2, 0) is 6.42 Å². The van der Waals surface area contributed by atoms with Crippen LogP contribution in [0.2, 0.25) is 0 Å². The van der Waals surface area contributed by atoms with Gasteiger partial charge in [0.15, 0.2) is 5.78 Å². The monoisotopic (exact) mass is 255 g/mol. The molecule has 0 aliphatic carbocycles. The molecule has 0 aliphatic heterocycles. The minimum atomic E-state index is 0.0490. The molecular formula is C16H17NO2. The molecule has 0 saturated heterocycles. The Morgan fingerprint density at radius 2 is 1.89 bits per heavy atom. The number of hydrogen-bond acceptors (Lipinski definition) is 3. The van der Waals surface area contributed by atoms with Gasteiger partial charge in [0.1, 0.15) is 5.75 Å². The summed E-state index contributed by atoms with van der Waals surface area (Å²) in [6.07, 6.45) is 2.00. The van der Waals surface area contributed by atoms with Gasteiger partial charge in [0.25, 0.3) is 0 Å². The highest BCUT2D eigenvalue weighted by molar-refractivity contribution is 5.97. The van der Waals surface area contributed by atoms with E-state index in [-0.39, 0.29) is 18.3 Å². The molecule has 0 saturated carbocycles. The second-order valence-electron chi connectivity index (χ2n) is 4.58. The molecule has 3 nitrogen and oxygen atoms in total. The van der Waals surface area contributed by atoms with E-state index in [1.54, 1.807) is 6.20 Å². The van der Waals surface area contributed by atoms with Crippen LogP contribution >= 0.6 is 0 Å². The van der Waals surface area contributed by atoms with Gasteiger partial charge < -0.3 is 4.74 Å². The van der Waals surface area contributed by atoms with Crippen LogP contribution in [0, 0.1) is 0 Å². The Bertz CT molecular complexity index is 550. The molecule has 1 heterocycles. The van der Waals surface area contributed by atoms with Crippen LogP contribution in [0.5, 0.6) is 5.75 Å². The molecule has 19 heavy (non-hydrogen) atoms. The molecule has 2 rings (SSSR count). The molecule has 0 aliphatic rings. The Morgan fingerprint density at radius 3 is 2.58 bits per heavy atom. The molecule has 0 spiro atoms. The molecule has 2 aromatic rings. The summed E-state index contributed by atoms with van der Waals surface area (Å²) >= 11 is 0. The van der Waals surface area contributed by atoms with Crippen molar-refractivity contribution in [1.29, 1.82) is 0 Å². The van der Waals surface area contributed by atoms with E-state index in [0.717, 1.165) is 0 Å². The lowest BCUT2D eigenvalue weighted by atomic mass is 10.1. The van der Waals surface area contributed by atoms with Crippen LogP contribution in [0.1, 0.15) is 29.9 Å². The van der Waals surface area contributed by atoms with Crippen molar-refractivity contribution in [2.45, 2.75) is 26.4 Å². The first-order valence-corrected chi connectivity index (χ1v) is 6.35. The third kappa shape index (κ3) is 3.65. The minimum absolute atomic E-state index is 0.0490. The van der Waals surface area contributed by atoms with Crippen molar-refractivity contribution in [1.82, 2.24) is 4.98 Å². The number of ketones is 1. The summed E-state index contributed by atoms with van der Waals surface area (Å²) in [4.78, 5) is 16.4. The number of pyridine rings is 1. The van der Waals surface area contributed by atoms with Crippen molar-refractivity contribution in [3.8, 4) is 5.75 Å². The Hall–Kier alpha value is -2.16. The fraction of sp³-hybridized carbons (Fsp3) is 0.250. The predicted octanol–water partition coefficient (Wildman–Crippen LogP) is 3.29. The molecule has 0 fully saturated rings. The van der Waals surface area contributed by atoms with Gasteiger partial charge in [-0.05, 0) is 26.0 Å². The number of carbonyl (C=O) groups is 1. The number of ether oxygens (including phenoxy) is 1. The topological polar surface area (TPSA) is 39.2 Å². The number of carbonyl (C=O) groups excluding carboxylic acids is 1. The van der Waals surface area contributed by atoms with Gasteiger partial charge in [0.2, 0.25) is 0 Å². The molecule has 98 valence electrons. The average molecular weight is 255 g/mol. The van der Waals surface area contributed by atoms with Crippen LogP contribution < -0.4 is 4.74 Å². The number of hydrogen-bond donors (Lipinski definition) is 0. The van der Waals surface area contributed by atoms with Gasteiger partial charge in [0.05, 0.1) is 18.2 Å². The van der Waals surface area contributed by atoms with Crippen LogP contribution in [-0.4, -0.2) is 16.9 Å². The van der Waals surface area contributed by atoms with Crippen molar-refractivity contribution in [2.75, 3.05) is 0 Å². The Kier molecular flexibility index (Phi) is 4.29. The van der Waals surface area contributed by atoms with Gasteiger partial charge in [-0.15, -0.1) is 0 Å². The van der Waals surface area contributed by atoms with Gasteiger partial charge in [-0.1, -0.05) is 30.3 Å². The van der Waals surface area contributed by atoms with E-state index in [0.29, 0.717) is 17.0 Å². The summed E-state index contributed by atoms with van der Waals surface area (Å²) in [5, 5.41) is 0. The molecule has 1 aromatic carbocycles. The van der Waals surface area contributed by atoms with Crippen molar-refractivity contribution in [3.05, 3.63) is 59.9 Å². The van der Waals surface area contributed by atoms with Gasteiger partial charge in [-0.3, -0.25) is 9.78 Å². The molecule has 0 bridgehead atoms. The largest absolute Gasteiger partial charge is 0.489 e. The zero-order chi connectivity index (χ0) is 13.7. The third-order valence-electron chi connectivity index (χ3n) is 2.63. The standard InChI is InChI=1S/C16H17NO2/c1-12(2)19-16-9-6-10-17-14(16)11-15(18)13-7-4-3-5-8-13/h3-10,12H,11H2,1-2H3. The molecular weight excluding hydrogens is 238 g/mol. The lowest BCUT2D eigenvalue weighted by Crippen LogP contribution is -2.11. The molecule has 0 radical (unpaired) electrons. The molecule has 3 heteroatoms. The summed E-state index contributed by atoms with van der Waals surface area (Å²) in [6, 6.07) is 12.9. The first kappa shape index (κ1) is 13.3. The number of rotatable bonds is 5. The van der Waals surface area contributed by atoms with Crippen LogP contribution in [0.4, 0.5) is 0 Å². The van der Waals surface area contributed by atoms with Gasteiger partial charge in [0, 0.05) is 11.8 Å². The molecule has 1 aromatic heterocycles. The Balaban J connectivity index is 2.17. The van der Waals surface area contributed by atoms with E-state index < -0.39 is 0 Å². The molecule has 0 atom stereocenters. The van der Waals surface area contributed by atoms with Gasteiger partial charge in [-0.2, -0.15) is 0 Å². The van der Waals surface area contributed by atoms with E-state index >= 15 is 0 Å². The SMILES string of the molecule is CC(C)Oc1cccnc1CC(=O)c1ccccc1. The van der Waals surface area contributed by atoms with Crippen LogP contribution in [0.15, 0.2) is 48.7 Å². The fourth-order valence-corrected chi connectivity index (χ4v) is 1.80. The number of nitrogens with zero attached hydrogens (tertiary/aromatic N) is 1. The van der Waals surface area contributed by atoms with Crippen LogP contribution in [0.25, 0.3) is 0 Å². The first-order chi connectivity index (χ1) is 9.16. The molecule has 0 amide bonds.